The Kier molecular flexibility index (Phi) is 4.86. The topological polar surface area (TPSA) is 12.4 Å². The van der Waals surface area contributed by atoms with Crippen LogP contribution in [0.4, 0.5) is 5.69 Å². The molecule has 0 N–H and O–H groups in total. The highest BCUT2D eigenvalue weighted by molar-refractivity contribution is 9.11. The second-order valence-electron chi connectivity index (χ2n) is 4.79. The standard InChI is InChI=1S/C19H13Br2N/c20-16-11-12-17(21)18(13-16)22-19(14-7-3-1-4-8-14)15-9-5-2-6-10-15/h1-13H. The van der Waals surface area contributed by atoms with Crippen LogP contribution in [0, 0.1) is 0 Å². The molecule has 0 aromatic heterocycles. The average molecular weight is 415 g/mol. The number of benzene rings is 3. The Morgan fingerprint density at radius 3 is 1.77 bits per heavy atom. The molecule has 0 unspecified atom stereocenters. The van der Waals surface area contributed by atoms with Crippen LogP contribution < -0.4 is 0 Å². The van der Waals surface area contributed by atoms with Crippen LogP contribution >= 0.6 is 31.9 Å². The molecule has 0 saturated carbocycles. The van der Waals surface area contributed by atoms with Gasteiger partial charge in [-0.3, -0.25) is 0 Å². The van der Waals surface area contributed by atoms with Crippen molar-refractivity contribution in [3.05, 3.63) is 98.9 Å². The van der Waals surface area contributed by atoms with Gasteiger partial charge >= 0.3 is 0 Å². The Labute approximate surface area is 147 Å². The van der Waals surface area contributed by atoms with Crippen LogP contribution in [-0.2, 0) is 0 Å². The van der Waals surface area contributed by atoms with Crippen LogP contribution in [0.5, 0.6) is 0 Å². The number of halogens is 2. The maximum Gasteiger partial charge on any atom is 0.0790 e. The van der Waals surface area contributed by atoms with Crippen LogP contribution in [0.2, 0.25) is 0 Å². The molecule has 108 valence electrons. The zero-order chi connectivity index (χ0) is 15.4. The van der Waals surface area contributed by atoms with E-state index in [1.165, 1.54) is 0 Å². The van der Waals surface area contributed by atoms with Gasteiger partial charge in [-0.2, -0.15) is 0 Å². The molecule has 0 radical (unpaired) electrons. The van der Waals surface area contributed by atoms with E-state index >= 15 is 0 Å². The van der Waals surface area contributed by atoms with Crippen molar-refractivity contribution in [1.29, 1.82) is 0 Å². The normalized spacial score (nSPS) is 10.3. The van der Waals surface area contributed by atoms with Crippen molar-refractivity contribution in [3.63, 3.8) is 0 Å². The lowest BCUT2D eigenvalue weighted by molar-refractivity contribution is 1.44. The Morgan fingerprint density at radius 1 is 0.682 bits per heavy atom. The summed E-state index contributed by atoms with van der Waals surface area (Å²) >= 11 is 7.08. The van der Waals surface area contributed by atoms with E-state index in [1.807, 2.05) is 54.6 Å². The minimum absolute atomic E-state index is 0.900. The van der Waals surface area contributed by atoms with Gasteiger partial charge in [0, 0.05) is 20.1 Å². The summed E-state index contributed by atoms with van der Waals surface area (Å²) in [5.41, 5.74) is 4.05. The van der Waals surface area contributed by atoms with Crippen LogP contribution in [0.25, 0.3) is 0 Å². The maximum atomic E-state index is 4.90. The summed E-state index contributed by atoms with van der Waals surface area (Å²) in [5, 5.41) is 0. The van der Waals surface area contributed by atoms with Crippen molar-refractivity contribution >= 4 is 43.3 Å². The van der Waals surface area contributed by atoms with E-state index in [1.54, 1.807) is 0 Å². The zero-order valence-corrected chi connectivity index (χ0v) is 14.9. The Hall–Kier alpha value is -1.71. The second kappa shape index (κ2) is 7.03. The molecule has 0 heterocycles. The molecule has 0 aliphatic carbocycles. The van der Waals surface area contributed by atoms with Gasteiger partial charge in [-0.25, -0.2) is 4.99 Å². The van der Waals surface area contributed by atoms with Gasteiger partial charge in [0.2, 0.25) is 0 Å². The van der Waals surface area contributed by atoms with Crippen molar-refractivity contribution in [2.45, 2.75) is 0 Å². The molecule has 1 nitrogen and oxygen atoms in total. The first kappa shape index (κ1) is 15.2. The number of hydrogen-bond donors (Lipinski definition) is 0. The summed E-state index contributed by atoms with van der Waals surface area (Å²) in [6.07, 6.45) is 0. The molecular formula is C19H13Br2N. The number of rotatable bonds is 3. The van der Waals surface area contributed by atoms with E-state index in [2.05, 4.69) is 56.1 Å². The van der Waals surface area contributed by atoms with Gasteiger partial charge in [0.25, 0.3) is 0 Å². The number of aliphatic imine (C=N–C) groups is 1. The Morgan fingerprint density at radius 2 is 1.23 bits per heavy atom. The highest BCUT2D eigenvalue weighted by Crippen LogP contribution is 2.30. The highest BCUT2D eigenvalue weighted by atomic mass is 79.9. The van der Waals surface area contributed by atoms with E-state index in [-0.39, 0.29) is 0 Å². The molecule has 22 heavy (non-hydrogen) atoms. The third kappa shape index (κ3) is 3.54. The van der Waals surface area contributed by atoms with Crippen molar-refractivity contribution < 1.29 is 0 Å². The smallest absolute Gasteiger partial charge is 0.0790 e. The molecule has 0 atom stereocenters. The molecule has 0 bridgehead atoms. The molecule has 0 spiro atoms. The predicted octanol–water partition coefficient (Wildman–Crippen LogP) is 6.38. The predicted molar refractivity (Wildman–Crippen MR) is 100 cm³/mol. The van der Waals surface area contributed by atoms with Crippen molar-refractivity contribution in [3.8, 4) is 0 Å². The molecule has 3 aromatic rings. The minimum atomic E-state index is 0.900. The van der Waals surface area contributed by atoms with E-state index in [4.69, 9.17) is 4.99 Å². The Balaban J connectivity index is 2.18. The third-order valence-electron chi connectivity index (χ3n) is 3.23. The molecule has 3 aromatic carbocycles. The van der Waals surface area contributed by atoms with Crippen molar-refractivity contribution in [1.82, 2.24) is 0 Å². The fourth-order valence-electron chi connectivity index (χ4n) is 2.18. The summed E-state index contributed by atoms with van der Waals surface area (Å²) in [6.45, 7) is 0. The monoisotopic (exact) mass is 413 g/mol. The van der Waals surface area contributed by atoms with Crippen LogP contribution in [0.1, 0.15) is 11.1 Å². The molecule has 3 rings (SSSR count). The van der Waals surface area contributed by atoms with Gasteiger partial charge in [-0.1, -0.05) is 76.6 Å². The van der Waals surface area contributed by atoms with Gasteiger partial charge in [-0.05, 0) is 34.1 Å². The van der Waals surface area contributed by atoms with Crippen molar-refractivity contribution in [2.75, 3.05) is 0 Å². The lowest BCUT2D eigenvalue weighted by Gasteiger charge is -2.09. The van der Waals surface area contributed by atoms with Crippen LogP contribution in [-0.4, -0.2) is 5.71 Å². The SMILES string of the molecule is Brc1ccc(Br)c(N=C(c2ccccc2)c2ccccc2)c1. The van der Waals surface area contributed by atoms with Gasteiger partial charge in [0.05, 0.1) is 11.4 Å². The lowest BCUT2D eigenvalue weighted by atomic mass is 10.0. The quantitative estimate of drug-likeness (QED) is 0.441. The lowest BCUT2D eigenvalue weighted by Crippen LogP contribution is -2.02. The van der Waals surface area contributed by atoms with Crippen molar-refractivity contribution in [2.24, 2.45) is 4.99 Å². The van der Waals surface area contributed by atoms with E-state index < -0.39 is 0 Å². The summed E-state index contributed by atoms with van der Waals surface area (Å²) in [7, 11) is 0. The number of hydrogen-bond acceptors (Lipinski definition) is 1. The maximum absolute atomic E-state index is 4.90. The van der Waals surface area contributed by atoms with Gasteiger partial charge in [0.1, 0.15) is 0 Å². The third-order valence-corrected chi connectivity index (χ3v) is 4.40. The van der Waals surface area contributed by atoms with E-state index in [0.29, 0.717) is 0 Å². The largest absolute Gasteiger partial charge is 0.247 e. The molecule has 0 aliphatic heterocycles. The Bertz CT molecular complexity index is 755. The minimum Gasteiger partial charge on any atom is -0.247 e. The molecule has 0 amide bonds. The summed E-state index contributed by atoms with van der Waals surface area (Å²) < 4.78 is 1.98. The fraction of sp³-hybridized carbons (Fsp3) is 0. The first-order chi connectivity index (χ1) is 10.7. The molecular weight excluding hydrogens is 402 g/mol. The zero-order valence-electron chi connectivity index (χ0n) is 11.7. The molecule has 0 saturated heterocycles. The number of nitrogens with zero attached hydrogens (tertiary/aromatic N) is 1. The van der Waals surface area contributed by atoms with Crippen LogP contribution in [0.15, 0.2) is 92.8 Å². The summed E-state index contributed by atoms with van der Waals surface area (Å²) in [4.78, 5) is 4.90. The highest BCUT2D eigenvalue weighted by Gasteiger charge is 2.08. The average Bonchev–Trinajstić information content (AvgIpc) is 2.57. The summed E-state index contributed by atoms with van der Waals surface area (Å²) in [5.74, 6) is 0. The molecule has 0 fully saturated rings. The fourth-order valence-corrected chi connectivity index (χ4v) is 2.86. The summed E-state index contributed by atoms with van der Waals surface area (Å²) in [6, 6.07) is 26.5. The van der Waals surface area contributed by atoms with E-state index in [0.717, 1.165) is 31.5 Å². The van der Waals surface area contributed by atoms with Gasteiger partial charge in [-0.15, -0.1) is 0 Å². The molecule has 3 heteroatoms. The molecule has 0 aliphatic rings. The second-order valence-corrected chi connectivity index (χ2v) is 6.56. The van der Waals surface area contributed by atoms with Gasteiger partial charge in [0.15, 0.2) is 0 Å². The van der Waals surface area contributed by atoms with Gasteiger partial charge < -0.3 is 0 Å². The first-order valence-electron chi connectivity index (χ1n) is 6.88. The van der Waals surface area contributed by atoms with Crippen LogP contribution in [0.3, 0.4) is 0 Å². The van der Waals surface area contributed by atoms with E-state index in [9.17, 15) is 0 Å². The first-order valence-corrected chi connectivity index (χ1v) is 8.47.